The van der Waals surface area contributed by atoms with Crippen LogP contribution in [0.1, 0.15) is 13.8 Å². The molecule has 1 saturated heterocycles. The van der Waals surface area contributed by atoms with Crippen molar-refractivity contribution in [3.05, 3.63) is 57.6 Å². The summed E-state index contributed by atoms with van der Waals surface area (Å²) in [5, 5.41) is 10.8. The van der Waals surface area contributed by atoms with Gasteiger partial charge in [-0.25, -0.2) is 14.2 Å². The minimum absolute atomic E-state index is 0.274. The second kappa shape index (κ2) is 4.04. The fraction of sp³-hybridized carbons (Fsp3) is 0.250. The van der Waals surface area contributed by atoms with Crippen LogP contribution >= 0.6 is 0 Å². The van der Waals surface area contributed by atoms with E-state index in [1.165, 1.54) is 12.1 Å². The third kappa shape index (κ3) is 1.55. The Morgan fingerprint density at radius 3 is 3.00 bits per heavy atom. The zero-order chi connectivity index (χ0) is 15.6. The summed E-state index contributed by atoms with van der Waals surface area (Å²) in [6.07, 6.45) is 3.17. The Hall–Kier alpha value is -2.47. The monoisotopic (exact) mass is 300 g/mol. The van der Waals surface area contributed by atoms with Crippen molar-refractivity contribution in [1.29, 1.82) is 0 Å². The standard InChI is InChI=1S/C16H13FN2O3/c1-8-13(15(20)21)16(2)19(14(8)22-16)7-11-6-9-5-10(17)3-4-12(9)18-11/h3-7,14H,1-2H3,(H,20,21)/b11-7-. The van der Waals surface area contributed by atoms with E-state index in [2.05, 4.69) is 4.99 Å². The van der Waals surface area contributed by atoms with Crippen LogP contribution in [-0.2, 0) is 9.53 Å². The molecule has 2 bridgehead atoms. The van der Waals surface area contributed by atoms with Crippen LogP contribution in [0.3, 0.4) is 0 Å². The normalized spacial score (nSPS) is 30.0. The quantitative estimate of drug-likeness (QED) is 0.880. The van der Waals surface area contributed by atoms with Gasteiger partial charge in [0.05, 0.1) is 16.6 Å². The smallest absolute Gasteiger partial charge is 0.336 e. The first-order valence-electron chi connectivity index (χ1n) is 6.89. The maximum atomic E-state index is 13.2. The van der Waals surface area contributed by atoms with Crippen molar-refractivity contribution < 1.29 is 19.0 Å². The second-order valence-corrected chi connectivity index (χ2v) is 5.74. The van der Waals surface area contributed by atoms with Gasteiger partial charge in [0.2, 0.25) is 0 Å². The fourth-order valence-corrected chi connectivity index (χ4v) is 3.32. The zero-order valence-corrected chi connectivity index (χ0v) is 12.0. The van der Waals surface area contributed by atoms with Gasteiger partial charge in [0.25, 0.3) is 0 Å². The summed E-state index contributed by atoms with van der Waals surface area (Å²) < 4.78 is 18.9. The first-order valence-corrected chi connectivity index (χ1v) is 6.89. The molecule has 112 valence electrons. The molecule has 0 aromatic heterocycles. The van der Waals surface area contributed by atoms with E-state index in [0.29, 0.717) is 21.8 Å². The molecule has 4 aliphatic heterocycles. The number of nitrogens with zero attached hydrogens (tertiary/aromatic N) is 2. The molecule has 4 heterocycles. The van der Waals surface area contributed by atoms with Gasteiger partial charge in [-0.3, -0.25) is 0 Å². The van der Waals surface area contributed by atoms with Crippen LogP contribution in [0.2, 0.25) is 0 Å². The lowest BCUT2D eigenvalue weighted by Crippen LogP contribution is -2.60. The highest BCUT2D eigenvalue weighted by molar-refractivity contribution is 5.91. The van der Waals surface area contributed by atoms with E-state index in [-0.39, 0.29) is 17.6 Å². The number of allylic oxidation sites excluding steroid dienone is 1. The number of aliphatic carboxylic acids is 1. The van der Waals surface area contributed by atoms with Crippen LogP contribution in [0.25, 0.3) is 6.08 Å². The maximum absolute atomic E-state index is 13.2. The van der Waals surface area contributed by atoms with Crippen molar-refractivity contribution >= 4 is 12.0 Å². The highest BCUT2D eigenvalue weighted by atomic mass is 19.1. The zero-order valence-electron chi connectivity index (χ0n) is 12.0. The number of ether oxygens (including phenoxy) is 1. The fourth-order valence-electron chi connectivity index (χ4n) is 3.32. The van der Waals surface area contributed by atoms with E-state index in [1.807, 2.05) is 4.90 Å². The number of carboxylic acids is 1. The van der Waals surface area contributed by atoms with E-state index in [0.717, 1.165) is 0 Å². The third-order valence-corrected chi connectivity index (χ3v) is 4.34. The Labute approximate surface area is 125 Å². The summed E-state index contributed by atoms with van der Waals surface area (Å²) in [6.45, 7) is 3.49. The number of hydrogen-bond acceptors (Lipinski definition) is 4. The van der Waals surface area contributed by atoms with Crippen LogP contribution in [0, 0.1) is 5.82 Å². The molecule has 2 unspecified atom stereocenters. The predicted molar refractivity (Wildman–Crippen MR) is 75.2 cm³/mol. The summed E-state index contributed by atoms with van der Waals surface area (Å²) in [5.41, 5.74) is 0.667. The molecule has 1 fully saturated rings. The molecule has 5 nitrogen and oxygen atoms in total. The molecule has 0 saturated carbocycles. The summed E-state index contributed by atoms with van der Waals surface area (Å²) in [5.74, 6) is -1.28. The van der Waals surface area contributed by atoms with Gasteiger partial charge < -0.3 is 14.7 Å². The Morgan fingerprint density at radius 1 is 1.55 bits per heavy atom. The Bertz CT molecular complexity index is 902. The number of halogens is 1. The average molecular weight is 300 g/mol. The summed E-state index contributed by atoms with van der Waals surface area (Å²) >= 11 is 0. The van der Waals surface area contributed by atoms with Crippen LogP contribution < -0.4 is 10.6 Å². The molecule has 2 atom stereocenters. The van der Waals surface area contributed by atoms with E-state index < -0.39 is 11.7 Å². The van der Waals surface area contributed by atoms with Crippen LogP contribution in [-0.4, -0.2) is 27.9 Å². The van der Waals surface area contributed by atoms with Gasteiger partial charge in [-0.05, 0) is 43.7 Å². The molecule has 4 aliphatic rings. The summed E-state index contributed by atoms with van der Waals surface area (Å²) in [4.78, 5) is 17.6. The minimum Gasteiger partial charge on any atom is -0.478 e. The highest BCUT2D eigenvalue weighted by Gasteiger charge is 2.61. The van der Waals surface area contributed by atoms with Gasteiger partial charge in [0.1, 0.15) is 5.82 Å². The number of carbonyl (C=O) groups is 1. The molecule has 0 amide bonds. The second-order valence-electron chi connectivity index (χ2n) is 5.74. The molecule has 1 aromatic carbocycles. The highest BCUT2D eigenvalue weighted by Crippen LogP contribution is 2.51. The average Bonchev–Trinajstić information content (AvgIpc) is 3.01. The van der Waals surface area contributed by atoms with Crippen LogP contribution in [0.15, 0.2) is 46.2 Å². The van der Waals surface area contributed by atoms with E-state index in [1.54, 1.807) is 32.2 Å². The van der Waals surface area contributed by atoms with E-state index >= 15 is 0 Å². The van der Waals surface area contributed by atoms with Gasteiger partial charge in [-0.1, -0.05) is 0 Å². The molecule has 1 aromatic rings. The van der Waals surface area contributed by atoms with Gasteiger partial charge in [0.15, 0.2) is 12.0 Å². The van der Waals surface area contributed by atoms with Crippen molar-refractivity contribution in [3.63, 3.8) is 0 Å². The van der Waals surface area contributed by atoms with Crippen molar-refractivity contribution in [1.82, 2.24) is 4.90 Å². The molecular weight excluding hydrogens is 287 g/mol. The van der Waals surface area contributed by atoms with Crippen LogP contribution in [0.5, 0.6) is 0 Å². The lowest BCUT2D eigenvalue weighted by molar-refractivity contribution is -0.270. The maximum Gasteiger partial charge on any atom is 0.336 e. The number of benzene rings is 1. The van der Waals surface area contributed by atoms with Crippen molar-refractivity contribution in [3.8, 4) is 0 Å². The first-order chi connectivity index (χ1) is 10.4. The molecule has 0 spiro atoms. The lowest BCUT2D eigenvalue weighted by atomic mass is 10.1. The number of fused-ring (bicyclic) bond motifs is 1. The minimum atomic E-state index is -0.971. The van der Waals surface area contributed by atoms with Crippen molar-refractivity contribution in [2.24, 2.45) is 4.99 Å². The van der Waals surface area contributed by atoms with E-state index in [9.17, 15) is 14.3 Å². The van der Waals surface area contributed by atoms with Gasteiger partial charge in [0, 0.05) is 11.4 Å². The van der Waals surface area contributed by atoms with Gasteiger partial charge in [-0.2, -0.15) is 0 Å². The van der Waals surface area contributed by atoms with Gasteiger partial charge >= 0.3 is 5.97 Å². The topological polar surface area (TPSA) is 62.1 Å². The predicted octanol–water partition coefficient (Wildman–Crippen LogP) is 0.870. The molecule has 22 heavy (non-hydrogen) atoms. The van der Waals surface area contributed by atoms with Crippen molar-refractivity contribution in [2.45, 2.75) is 25.8 Å². The Kier molecular flexibility index (Phi) is 2.43. The van der Waals surface area contributed by atoms with E-state index in [4.69, 9.17) is 4.74 Å². The summed E-state index contributed by atoms with van der Waals surface area (Å²) in [7, 11) is 0. The molecular formula is C16H13FN2O3. The van der Waals surface area contributed by atoms with Crippen molar-refractivity contribution in [2.75, 3.05) is 0 Å². The molecule has 0 radical (unpaired) electrons. The Morgan fingerprint density at radius 2 is 2.32 bits per heavy atom. The van der Waals surface area contributed by atoms with Crippen LogP contribution in [0.4, 0.5) is 4.39 Å². The molecule has 0 aliphatic carbocycles. The molecule has 5 rings (SSSR count). The van der Waals surface area contributed by atoms with Gasteiger partial charge in [-0.15, -0.1) is 0 Å². The SMILES string of the molecule is CC1=C(C(=O)O)C2(C)OC1N2/C=C1/C=c2cc(F)ccc2=N1. The number of carboxylic acid groups (broad SMARTS) is 1. The number of hydrogen-bond donors (Lipinski definition) is 1. The Balaban J connectivity index is 1.72. The molecule has 6 heteroatoms. The first kappa shape index (κ1) is 13.2. The third-order valence-electron chi connectivity index (χ3n) is 4.34. The number of rotatable bonds is 2. The largest absolute Gasteiger partial charge is 0.478 e. The molecule has 1 N–H and O–H groups in total. The summed E-state index contributed by atoms with van der Waals surface area (Å²) in [6, 6.07) is 4.41. The lowest BCUT2D eigenvalue weighted by Gasteiger charge is -2.49.